The van der Waals surface area contributed by atoms with Crippen LogP contribution >= 0.6 is 0 Å². The van der Waals surface area contributed by atoms with Crippen molar-refractivity contribution < 1.29 is 26.8 Å². The fourth-order valence-electron chi connectivity index (χ4n) is 2.86. The van der Waals surface area contributed by atoms with E-state index in [1.54, 1.807) is 6.07 Å². The van der Waals surface area contributed by atoms with Crippen molar-refractivity contribution in [2.75, 3.05) is 31.8 Å². The molecule has 2 aromatic carbocycles. The minimum absolute atomic E-state index is 0.246. The zero-order chi connectivity index (χ0) is 20.6. The van der Waals surface area contributed by atoms with Crippen LogP contribution in [0.5, 0.6) is 5.75 Å². The van der Waals surface area contributed by atoms with E-state index in [4.69, 9.17) is 9.15 Å². The molecule has 1 heterocycles. The zero-order valence-corrected chi connectivity index (χ0v) is 16.6. The maximum Gasteiger partial charge on any atom is 0.255 e. The number of ether oxygens (including phenoxy) is 1. The molecule has 0 aliphatic heterocycles. The van der Waals surface area contributed by atoms with Crippen LogP contribution in [0.4, 0.5) is 10.1 Å². The van der Waals surface area contributed by atoms with E-state index in [0.717, 1.165) is 10.6 Å². The number of rotatable bonds is 5. The van der Waals surface area contributed by atoms with Crippen molar-refractivity contribution >= 4 is 32.6 Å². The van der Waals surface area contributed by atoms with Crippen LogP contribution in [0.25, 0.3) is 22.3 Å². The van der Waals surface area contributed by atoms with Gasteiger partial charge < -0.3 is 14.5 Å². The number of nitrogens with one attached hydrogen (secondary N) is 1. The highest BCUT2D eigenvalue weighted by Crippen LogP contribution is 2.40. The van der Waals surface area contributed by atoms with Gasteiger partial charge in [0.1, 0.15) is 22.9 Å². The van der Waals surface area contributed by atoms with Gasteiger partial charge in [0.15, 0.2) is 0 Å². The van der Waals surface area contributed by atoms with E-state index in [9.17, 15) is 17.6 Å². The smallest absolute Gasteiger partial charge is 0.255 e. The van der Waals surface area contributed by atoms with Gasteiger partial charge in [-0.05, 0) is 30.3 Å². The summed E-state index contributed by atoms with van der Waals surface area (Å²) in [5.41, 5.74) is 1.31. The quantitative estimate of drug-likeness (QED) is 0.704. The fourth-order valence-corrected chi connectivity index (χ4v) is 3.36. The first-order valence-electron chi connectivity index (χ1n) is 8.23. The van der Waals surface area contributed by atoms with Gasteiger partial charge in [-0.15, -0.1) is 0 Å². The van der Waals surface area contributed by atoms with Crippen LogP contribution in [-0.2, 0) is 10.0 Å². The maximum absolute atomic E-state index is 13.3. The second kappa shape index (κ2) is 7.16. The molecule has 3 rings (SSSR count). The van der Waals surface area contributed by atoms with E-state index in [0.29, 0.717) is 16.5 Å². The predicted octanol–water partition coefficient (Wildman–Crippen LogP) is 3.00. The Bertz CT molecular complexity index is 1150. The molecule has 3 aromatic rings. The van der Waals surface area contributed by atoms with Crippen LogP contribution in [-0.4, -0.2) is 41.8 Å². The Hall–Kier alpha value is -3.07. The Balaban J connectivity index is 2.33. The molecule has 9 heteroatoms. The number of halogens is 1. The van der Waals surface area contributed by atoms with Gasteiger partial charge in [-0.3, -0.25) is 9.10 Å². The number of carbonyl (C=O) groups excluding carboxylic acids is 1. The predicted molar refractivity (Wildman–Crippen MR) is 105 cm³/mol. The minimum atomic E-state index is -3.55. The van der Waals surface area contributed by atoms with E-state index in [-0.39, 0.29) is 22.8 Å². The van der Waals surface area contributed by atoms with Crippen molar-refractivity contribution in [3.63, 3.8) is 0 Å². The molecular weight excluding hydrogens is 387 g/mol. The molecule has 0 aliphatic carbocycles. The number of carbonyl (C=O) groups is 1. The molecule has 148 valence electrons. The Kier molecular flexibility index (Phi) is 5.03. The number of fused-ring (bicyclic) bond motifs is 1. The van der Waals surface area contributed by atoms with Crippen molar-refractivity contribution in [3.05, 3.63) is 47.8 Å². The number of furan rings is 1. The Morgan fingerprint density at radius 1 is 1.21 bits per heavy atom. The van der Waals surface area contributed by atoms with Crippen LogP contribution in [0.1, 0.15) is 10.4 Å². The summed E-state index contributed by atoms with van der Waals surface area (Å²) in [6, 6.07) is 8.57. The van der Waals surface area contributed by atoms with Gasteiger partial charge in [0.25, 0.3) is 5.91 Å². The first kappa shape index (κ1) is 19.7. The van der Waals surface area contributed by atoms with Gasteiger partial charge in [-0.2, -0.15) is 0 Å². The minimum Gasteiger partial charge on any atom is -0.495 e. The molecule has 0 saturated heterocycles. The highest BCUT2D eigenvalue weighted by atomic mass is 32.2. The van der Waals surface area contributed by atoms with Crippen LogP contribution < -0.4 is 14.4 Å². The number of anilines is 1. The van der Waals surface area contributed by atoms with Gasteiger partial charge in [0, 0.05) is 31.1 Å². The third kappa shape index (κ3) is 3.40. The highest BCUT2D eigenvalue weighted by molar-refractivity contribution is 7.92. The van der Waals surface area contributed by atoms with E-state index in [1.807, 2.05) is 0 Å². The molecule has 0 aliphatic rings. The largest absolute Gasteiger partial charge is 0.495 e. The lowest BCUT2D eigenvalue weighted by molar-refractivity contribution is 0.0964. The van der Waals surface area contributed by atoms with Crippen LogP contribution in [0.15, 0.2) is 40.8 Å². The number of benzene rings is 2. The second-order valence-corrected chi connectivity index (χ2v) is 8.16. The molecule has 0 atom stereocenters. The molecule has 1 amide bonds. The Morgan fingerprint density at radius 2 is 1.86 bits per heavy atom. The summed E-state index contributed by atoms with van der Waals surface area (Å²) in [7, 11) is 0.733. The van der Waals surface area contributed by atoms with Gasteiger partial charge in [0.05, 0.1) is 24.6 Å². The average Bonchev–Trinajstić information content (AvgIpc) is 3.03. The summed E-state index contributed by atoms with van der Waals surface area (Å²) >= 11 is 0. The standard InChI is InChI=1S/C19H19FN2O5S/c1-21-19(23)17-13-9-16(26-3)14(22(2)28(4,24)25)10-15(13)27-18(17)11-5-7-12(20)8-6-11/h5-10H,1-4H3,(H,21,23). The lowest BCUT2D eigenvalue weighted by Gasteiger charge is -2.19. The van der Waals surface area contributed by atoms with Crippen molar-refractivity contribution in [2.45, 2.75) is 0 Å². The lowest BCUT2D eigenvalue weighted by atomic mass is 10.0. The molecule has 7 nitrogen and oxygen atoms in total. The van der Waals surface area contributed by atoms with Crippen molar-refractivity contribution in [3.8, 4) is 17.1 Å². The fraction of sp³-hybridized carbons (Fsp3) is 0.211. The van der Waals surface area contributed by atoms with Crippen LogP contribution in [0.2, 0.25) is 0 Å². The molecule has 0 radical (unpaired) electrons. The number of hydrogen-bond acceptors (Lipinski definition) is 5. The van der Waals surface area contributed by atoms with Gasteiger partial charge >= 0.3 is 0 Å². The summed E-state index contributed by atoms with van der Waals surface area (Å²) in [4.78, 5) is 12.5. The summed E-state index contributed by atoms with van der Waals surface area (Å²) in [6.07, 6.45) is 1.07. The molecule has 1 N–H and O–H groups in total. The molecular formula is C19H19FN2O5S. The van der Waals surface area contributed by atoms with Crippen molar-refractivity contribution in [1.82, 2.24) is 5.32 Å². The van der Waals surface area contributed by atoms with Crippen LogP contribution in [0.3, 0.4) is 0 Å². The SMILES string of the molecule is CNC(=O)c1c(-c2ccc(F)cc2)oc2cc(N(C)S(C)(=O)=O)c(OC)cc12. The maximum atomic E-state index is 13.3. The van der Waals surface area contributed by atoms with Gasteiger partial charge in [-0.25, -0.2) is 12.8 Å². The van der Waals surface area contributed by atoms with Crippen LogP contribution in [0, 0.1) is 5.82 Å². The molecule has 0 bridgehead atoms. The number of hydrogen-bond donors (Lipinski definition) is 1. The van der Waals surface area contributed by atoms with E-state index in [2.05, 4.69) is 5.32 Å². The van der Waals surface area contributed by atoms with Gasteiger partial charge in [0.2, 0.25) is 10.0 Å². The number of nitrogens with zero attached hydrogens (tertiary/aromatic N) is 1. The van der Waals surface area contributed by atoms with E-state index < -0.39 is 21.7 Å². The Labute approximate surface area is 161 Å². The molecule has 0 spiro atoms. The molecule has 0 unspecified atom stereocenters. The average molecular weight is 406 g/mol. The number of methoxy groups -OCH3 is 1. The summed E-state index contributed by atoms with van der Waals surface area (Å²) in [6.45, 7) is 0. The first-order valence-corrected chi connectivity index (χ1v) is 10.1. The first-order chi connectivity index (χ1) is 13.2. The van der Waals surface area contributed by atoms with Gasteiger partial charge in [-0.1, -0.05) is 0 Å². The monoisotopic (exact) mass is 406 g/mol. The molecule has 0 saturated carbocycles. The third-order valence-corrected chi connectivity index (χ3v) is 5.58. The normalized spacial score (nSPS) is 11.5. The number of amides is 1. The Morgan fingerprint density at radius 3 is 2.39 bits per heavy atom. The van der Waals surface area contributed by atoms with Crippen molar-refractivity contribution in [1.29, 1.82) is 0 Å². The molecule has 1 aromatic heterocycles. The third-order valence-electron chi connectivity index (χ3n) is 4.39. The highest BCUT2D eigenvalue weighted by Gasteiger charge is 2.25. The summed E-state index contributed by atoms with van der Waals surface area (Å²) < 4.78 is 49.5. The van der Waals surface area contributed by atoms with Crippen molar-refractivity contribution in [2.24, 2.45) is 0 Å². The molecule has 28 heavy (non-hydrogen) atoms. The zero-order valence-electron chi connectivity index (χ0n) is 15.7. The van der Waals surface area contributed by atoms with E-state index >= 15 is 0 Å². The molecule has 0 fully saturated rings. The topological polar surface area (TPSA) is 88.9 Å². The van der Waals surface area contributed by atoms with E-state index in [1.165, 1.54) is 51.5 Å². The number of sulfonamides is 1. The second-order valence-electron chi connectivity index (χ2n) is 6.14. The summed E-state index contributed by atoms with van der Waals surface area (Å²) in [5.74, 6) is -0.308. The lowest BCUT2D eigenvalue weighted by Crippen LogP contribution is -2.25. The summed E-state index contributed by atoms with van der Waals surface area (Å²) in [5, 5.41) is 3.01.